The Hall–Kier alpha value is -2.38. The van der Waals surface area contributed by atoms with E-state index < -0.39 is 5.91 Å². The van der Waals surface area contributed by atoms with E-state index in [0.717, 1.165) is 49.2 Å². The summed E-state index contributed by atoms with van der Waals surface area (Å²) in [7, 11) is 1.68. The standard InChI is InChI=1S/C15H20N4O2.C3H8O/c1-2-3-4-5-12-15(16)19-9-8-11(10-13(19)17-12)6-7-14(20)18-21;1-3-4-2/h6-10,21H,2-5,16H2,1H3,(H,18,20);3H2,1-2H3/b7-6+;. The van der Waals surface area contributed by atoms with Gasteiger partial charge in [0.1, 0.15) is 11.5 Å². The lowest BCUT2D eigenvalue weighted by Gasteiger charge is -1.99. The molecule has 4 N–H and O–H groups in total. The first kappa shape index (κ1) is 20.7. The van der Waals surface area contributed by atoms with E-state index in [1.807, 2.05) is 29.7 Å². The number of unbranched alkanes of at least 4 members (excludes halogenated alkanes) is 2. The van der Waals surface area contributed by atoms with Crippen LogP contribution >= 0.6 is 0 Å². The van der Waals surface area contributed by atoms with Gasteiger partial charge in [0.15, 0.2) is 0 Å². The highest BCUT2D eigenvalue weighted by molar-refractivity contribution is 5.90. The van der Waals surface area contributed by atoms with E-state index in [9.17, 15) is 4.79 Å². The van der Waals surface area contributed by atoms with Crippen molar-refractivity contribution in [1.82, 2.24) is 14.9 Å². The molecule has 0 unspecified atom stereocenters. The van der Waals surface area contributed by atoms with Gasteiger partial charge in [-0.25, -0.2) is 10.5 Å². The summed E-state index contributed by atoms with van der Waals surface area (Å²) in [5.41, 5.74) is 10.1. The molecular formula is C18H28N4O3. The molecule has 0 bridgehead atoms. The van der Waals surface area contributed by atoms with Crippen LogP contribution in [-0.2, 0) is 16.0 Å². The number of anilines is 1. The molecule has 0 radical (unpaired) electrons. The normalized spacial score (nSPS) is 10.7. The van der Waals surface area contributed by atoms with Gasteiger partial charge in [0.2, 0.25) is 0 Å². The second-order valence-electron chi connectivity index (χ2n) is 5.48. The predicted octanol–water partition coefficient (Wildman–Crippen LogP) is 2.82. The molecule has 138 valence electrons. The molecule has 0 saturated heterocycles. The molecule has 0 aliphatic rings. The number of rotatable bonds is 7. The zero-order chi connectivity index (χ0) is 18.7. The number of hydroxylamine groups is 1. The third kappa shape index (κ3) is 6.56. The summed E-state index contributed by atoms with van der Waals surface area (Å²) in [4.78, 5) is 15.5. The molecule has 25 heavy (non-hydrogen) atoms. The molecule has 0 fully saturated rings. The van der Waals surface area contributed by atoms with Crippen molar-refractivity contribution in [3.05, 3.63) is 35.7 Å². The maximum atomic E-state index is 11.0. The van der Waals surface area contributed by atoms with Crippen molar-refractivity contribution in [2.75, 3.05) is 19.5 Å². The van der Waals surface area contributed by atoms with Crippen LogP contribution in [-0.4, -0.2) is 34.2 Å². The topological polar surface area (TPSA) is 102 Å². The number of pyridine rings is 1. The Balaban J connectivity index is 0.000000705. The zero-order valence-electron chi connectivity index (χ0n) is 15.2. The van der Waals surface area contributed by atoms with Gasteiger partial charge in [-0.05, 0) is 43.5 Å². The summed E-state index contributed by atoms with van der Waals surface area (Å²) in [5, 5.41) is 8.44. The maximum absolute atomic E-state index is 11.0. The van der Waals surface area contributed by atoms with Crippen molar-refractivity contribution >= 4 is 23.4 Å². The number of amides is 1. The SMILES string of the molecule is CCCCCc1nc2cc(/C=C/C(=O)NO)ccn2c1N.CCOC. The van der Waals surface area contributed by atoms with Crippen molar-refractivity contribution in [2.24, 2.45) is 0 Å². The quantitative estimate of drug-likeness (QED) is 0.309. The minimum atomic E-state index is -0.571. The highest BCUT2D eigenvalue weighted by Gasteiger charge is 2.08. The predicted molar refractivity (Wildman–Crippen MR) is 99.3 cm³/mol. The van der Waals surface area contributed by atoms with Crippen molar-refractivity contribution in [1.29, 1.82) is 0 Å². The number of aryl methyl sites for hydroxylation is 1. The van der Waals surface area contributed by atoms with E-state index >= 15 is 0 Å². The Bertz CT molecular complexity index is 693. The molecule has 0 spiro atoms. The third-order valence-corrected chi connectivity index (χ3v) is 3.61. The number of fused-ring (bicyclic) bond motifs is 1. The second-order valence-corrected chi connectivity index (χ2v) is 5.48. The largest absolute Gasteiger partial charge is 0.385 e. The molecule has 2 rings (SSSR count). The molecule has 1 amide bonds. The average molecular weight is 348 g/mol. The lowest BCUT2D eigenvalue weighted by Crippen LogP contribution is -2.14. The van der Waals surface area contributed by atoms with Crippen molar-refractivity contribution in [3.8, 4) is 0 Å². The van der Waals surface area contributed by atoms with E-state index in [4.69, 9.17) is 10.9 Å². The van der Waals surface area contributed by atoms with Gasteiger partial charge in [-0.3, -0.25) is 14.4 Å². The number of nitrogens with zero attached hydrogens (tertiary/aromatic N) is 2. The van der Waals surface area contributed by atoms with E-state index in [0.29, 0.717) is 5.82 Å². The number of nitrogens with two attached hydrogens (primary N) is 1. The Morgan fingerprint density at radius 1 is 1.44 bits per heavy atom. The summed E-state index contributed by atoms with van der Waals surface area (Å²) in [6.07, 6.45) is 8.96. The first-order valence-corrected chi connectivity index (χ1v) is 8.44. The number of nitrogen functional groups attached to an aromatic ring is 1. The summed E-state index contributed by atoms with van der Waals surface area (Å²) in [6.45, 7) is 4.94. The van der Waals surface area contributed by atoms with E-state index in [1.165, 1.54) is 6.08 Å². The van der Waals surface area contributed by atoms with Crippen LogP contribution in [0.25, 0.3) is 11.7 Å². The Kier molecular flexibility index (Phi) is 9.28. The molecule has 2 aromatic heterocycles. The molecule has 0 aliphatic heterocycles. The lowest BCUT2D eigenvalue weighted by atomic mass is 10.1. The van der Waals surface area contributed by atoms with Crippen LogP contribution in [0.5, 0.6) is 0 Å². The molecule has 7 heteroatoms. The summed E-state index contributed by atoms with van der Waals surface area (Å²) in [6, 6.07) is 3.68. The monoisotopic (exact) mass is 348 g/mol. The first-order chi connectivity index (χ1) is 12.1. The Labute approximate surface area is 148 Å². The van der Waals surface area contributed by atoms with Crippen LogP contribution in [0.15, 0.2) is 24.4 Å². The second kappa shape index (κ2) is 11.2. The molecule has 0 saturated carbocycles. The van der Waals surface area contributed by atoms with Gasteiger partial charge in [-0.15, -0.1) is 0 Å². The van der Waals surface area contributed by atoms with Crippen molar-refractivity contribution in [2.45, 2.75) is 39.5 Å². The summed E-state index contributed by atoms with van der Waals surface area (Å²) in [5.74, 6) is 0.0997. The summed E-state index contributed by atoms with van der Waals surface area (Å²) < 4.78 is 6.38. The highest BCUT2D eigenvalue weighted by atomic mass is 16.5. The number of hydrogen-bond acceptors (Lipinski definition) is 5. The van der Waals surface area contributed by atoms with Crippen molar-refractivity contribution < 1.29 is 14.7 Å². The van der Waals surface area contributed by atoms with Gasteiger partial charge < -0.3 is 10.5 Å². The van der Waals surface area contributed by atoms with Gasteiger partial charge in [0.05, 0.1) is 5.69 Å². The molecule has 0 aromatic carbocycles. The van der Waals surface area contributed by atoms with E-state index in [-0.39, 0.29) is 0 Å². The minimum Gasteiger partial charge on any atom is -0.385 e. The van der Waals surface area contributed by atoms with Gasteiger partial charge in [-0.1, -0.05) is 19.8 Å². The number of nitrogens with one attached hydrogen (secondary N) is 1. The fourth-order valence-corrected chi connectivity index (χ4v) is 2.17. The fourth-order valence-electron chi connectivity index (χ4n) is 2.17. The minimum absolute atomic E-state index is 0.571. The van der Waals surface area contributed by atoms with Crippen LogP contribution < -0.4 is 11.2 Å². The number of imidazole rings is 1. The smallest absolute Gasteiger partial charge is 0.267 e. The third-order valence-electron chi connectivity index (χ3n) is 3.61. The van der Waals surface area contributed by atoms with E-state index in [2.05, 4.69) is 16.6 Å². The van der Waals surface area contributed by atoms with Gasteiger partial charge >= 0.3 is 0 Å². The van der Waals surface area contributed by atoms with Crippen LogP contribution in [0, 0.1) is 0 Å². The zero-order valence-corrected chi connectivity index (χ0v) is 15.2. The number of carbonyl (C=O) groups is 1. The van der Waals surface area contributed by atoms with Crippen LogP contribution in [0.3, 0.4) is 0 Å². The van der Waals surface area contributed by atoms with Gasteiger partial charge in [0.25, 0.3) is 5.91 Å². The van der Waals surface area contributed by atoms with Gasteiger partial charge in [0, 0.05) is 26.0 Å². The average Bonchev–Trinajstić information content (AvgIpc) is 2.95. The van der Waals surface area contributed by atoms with Crippen molar-refractivity contribution in [3.63, 3.8) is 0 Å². The number of aromatic nitrogens is 2. The molecule has 0 atom stereocenters. The Morgan fingerprint density at radius 3 is 2.76 bits per heavy atom. The molecule has 2 heterocycles. The molecule has 2 aromatic rings. The van der Waals surface area contributed by atoms with Crippen LogP contribution in [0.1, 0.15) is 44.4 Å². The Morgan fingerprint density at radius 2 is 2.16 bits per heavy atom. The highest BCUT2D eigenvalue weighted by Crippen LogP contribution is 2.19. The first-order valence-electron chi connectivity index (χ1n) is 8.44. The molecule has 0 aliphatic carbocycles. The van der Waals surface area contributed by atoms with Crippen LogP contribution in [0.2, 0.25) is 0 Å². The number of methoxy groups -OCH3 is 1. The molecular weight excluding hydrogens is 320 g/mol. The molecule has 7 nitrogen and oxygen atoms in total. The number of ether oxygens (including phenoxy) is 1. The van der Waals surface area contributed by atoms with Gasteiger partial charge in [-0.2, -0.15) is 0 Å². The number of carbonyl (C=O) groups excluding carboxylic acids is 1. The summed E-state index contributed by atoms with van der Waals surface area (Å²) >= 11 is 0. The lowest BCUT2D eigenvalue weighted by molar-refractivity contribution is -0.124. The number of hydrogen-bond donors (Lipinski definition) is 3. The van der Waals surface area contributed by atoms with E-state index in [1.54, 1.807) is 18.7 Å². The van der Waals surface area contributed by atoms with Crippen LogP contribution in [0.4, 0.5) is 5.82 Å². The fraction of sp³-hybridized carbons (Fsp3) is 0.444. The maximum Gasteiger partial charge on any atom is 0.267 e.